The zero-order valence-electron chi connectivity index (χ0n) is 11.7. The number of hydrogen-bond acceptors (Lipinski definition) is 4. The molecule has 1 aromatic heterocycles. The SMILES string of the molecule is O=C(NCCc1nc(-c2ccccc2)n[nH]1)[C@H]1CCCO1. The Kier molecular flexibility index (Phi) is 4.25. The maximum atomic E-state index is 11.8. The molecule has 2 heterocycles. The highest BCUT2D eigenvalue weighted by Gasteiger charge is 2.22. The highest BCUT2D eigenvalue weighted by molar-refractivity contribution is 5.80. The van der Waals surface area contributed by atoms with Gasteiger partial charge in [0.1, 0.15) is 11.9 Å². The second-order valence-electron chi connectivity index (χ2n) is 5.01. The Morgan fingerprint density at radius 2 is 2.24 bits per heavy atom. The Balaban J connectivity index is 1.50. The molecule has 3 rings (SSSR count). The number of carbonyl (C=O) groups is 1. The van der Waals surface area contributed by atoms with Gasteiger partial charge in [0, 0.05) is 25.1 Å². The molecular weight excluding hydrogens is 268 g/mol. The number of rotatable bonds is 5. The molecule has 0 bridgehead atoms. The smallest absolute Gasteiger partial charge is 0.249 e. The van der Waals surface area contributed by atoms with Crippen LogP contribution in [-0.2, 0) is 16.0 Å². The van der Waals surface area contributed by atoms with Gasteiger partial charge < -0.3 is 10.1 Å². The molecule has 0 spiro atoms. The summed E-state index contributed by atoms with van der Waals surface area (Å²) in [7, 11) is 0. The lowest BCUT2D eigenvalue weighted by Gasteiger charge is -2.09. The fourth-order valence-corrected chi connectivity index (χ4v) is 2.33. The summed E-state index contributed by atoms with van der Waals surface area (Å²) in [4.78, 5) is 16.2. The number of amides is 1. The minimum atomic E-state index is -0.278. The molecule has 1 aliphatic heterocycles. The van der Waals surface area contributed by atoms with Crippen LogP contribution in [0.15, 0.2) is 30.3 Å². The first kappa shape index (κ1) is 13.8. The van der Waals surface area contributed by atoms with Gasteiger partial charge in [0.25, 0.3) is 0 Å². The summed E-state index contributed by atoms with van der Waals surface area (Å²) in [6.45, 7) is 1.21. The Bertz CT molecular complexity index is 591. The standard InChI is InChI=1S/C15H18N4O2/c20-15(12-7-4-10-21-12)16-9-8-13-17-14(19-18-13)11-5-2-1-3-6-11/h1-3,5-6,12H,4,7-10H2,(H,16,20)(H,17,18,19)/t12-/m1/s1. The lowest BCUT2D eigenvalue weighted by Crippen LogP contribution is -2.35. The molecule has 0 radical (unpaired) electrons. The Morgan fingerprint density at radius 1 is 1.38 bits per heavy atom. The first-order valence-corrected chi connectivity index (χ1v) is 7.19. The number of benzene rings is 1. The fraction of sp³-hybridized carbons (Fsp3) is 0.400. The minimum absolute atomic E-state index is 0.0321. The van der Waals surface area contributed by atoms with E-state index in [1.54, 1.807) is 0 Å². The molecule has 1 aliphatic rings. The van der Waals surface area contributed by atoms with E-state index in [0.29, 0.717) is 25.4 Å². The van der Waals surface area contributed by atoms with E-state index in [1.807, 2.05) is 30.3 Å². The summed E-state index contributed by atoms with van der Waals surface area (Å²) in [6.07, 6.45) is 2.12. The lowest BCUT2D eigenvalue weighted by atomic mass is 10.2. The molecule has 1 amide bonds. The van der Waals surface area contributed by atoms with Gasteiger partial charge in [-0.25, -0.2) is 4.98 Å². The number of hydrogen-bond donors (Lipinski definition) is 2. The highest BCUT2D eigenvalue weighted by Crippen LogP contribution is 2.13. The molecule has 21 heavy (non-hydrogen) atoms. The number of aromatic amines is 1. The van der Waals surface area contributed by atoms with E-state index in [1.165, 1.54) is 0 Å². The van der Waals surface area contributed by atoms with E-state index < -0.39 is 0 Å². The van der Waals surface area contributed by atoms with Crippen molar-refractivity contribution in [3.8, 4) is 11.4 Å². The second-order valence-corrected chi connectivity index (χ2v) is 5.01. The summed E-state index contributed by atoms with van der Waals surface area (Å²) < 4.78 is 5.33. The summed E-state index contributed by atoms with van der Waals surface area (Å²) >= 11 is 0. The van der Waals surface area contributed by atoms with Crippen molar-refractivity contribution in [1.82, 2.24) is 20.5 Å². The number of nitrogens with zero attached hydrogens (tertiary/aromatic N) is 2. The molecule has 1 atom stereocenters. The molecule has 0 aliphatic carbocycles. The van der Waals surface area contributed by atoms with Gasteiger partial charge in [-0.2, -0.15) is 5.10 Å². The van der Waals surface area contributed by atoms with Crippen molar-refractivity contribution in [3.63, 3.8) is 0 Å². The van der Waals surface area contributed by atoms with Crippen LogP contribution >= 0.6 is 0 Å². The van der Waals surface area contributed by atoms with Crippen LogP contribution in [0, 0.1) is 0 Å². The van der Waals surface area contributed by atoms with Crippen molar-refractivity contribution in [2.75, 3.05) is 13.2 Å². The molecule has 2 N–H and O–H groups in total. The molecule has 0 unspecified atom stereocenters. The first-order valence-electron chi connectivity index (χ1n) is 7.19. The fourth-order valence-electron chi connectivity index (χ4n) is 2.33. The van der Waals surface area contributed by atoms with Gasteiger partial charge in [-0.15, -0.1) is 0 Å². The van der Waals surface area contributed by atoms with Crippen LogP contribution in [0.3, 0.4) is 0 Å². The largest absolute Gasteiger partial charge is 0.368 e. The lowest BCUT2D eigenvalue weighted by molar-refractivity contribution is -0.129. The van der Waals surface area contributed by atoms with E-state index >= 15 is 0 Å². The third-order valence-corrected chi connectivity index (χ3v) is 3.45. The van der Waals surface area contributed by atoms with Gasteiger partial charge in [-0.05, 0) is 12.8 Å². The van der Waals surface area contributed by atoms with Crippen molar-refractivity contribution < 1.29 is 9.53 Å². The first-order chi connectivity index (χ1) is 10.3. The third-order valence-electron chi connectivity index (χ3n) is 3.45. The Hall–Kier alpha value is -2.21. The van der Waals surface area contributed by atoms with E-state index in [2.05, 4.69) is 20.5 Å². The van der Waals surface area contributed by atoms with Crippen LogP contribution in [-0.4, -0.2) is 40.3 Å². The third kappa shape index (κ3) is 3.46. The topological polar surface area (TPSA) is 79.9 Å². The van der Waals surface area contributed by atoms with Crippen molar-refractivity contribution in [2.24, 2.45) is 0 Å². The summed E-state index contributed by atoms with van der Waals surface area (Å²) in [5.74, 6) is 1.41. The van der Waals surface area contributed by atoms with Crippen LogP contribution in [0.1, 0.15) is 18.7 Å². The van der Waals surface area contributed by atoms with E-state index in [9.17, 15) is 4.79 Å². The normalized spacial score (nSPS) is 17.8. The van der Waals surface area contributed by atoms with E-state index in [4.69, 9.17) is 4.74 Å². The maximum Gasteiger partial charge on any atom is 0.249 e. The summed E-state index contributed by atoms with van der Waals surface area (Å²) in [5.41, 5.74) is 0.975. The van der Waals surface area contributed by atoms with Crippen molar-refractivity contribution in [2.45, 2.75) is 25.4 Å². The predicted molar refractivity (Wildman–Crippen MR) is 77.5 cm³/mol. The molecule has 1 fully saturated rings. The molecule has 110 valence electrons. The van der Waals surface area contributed by atoms with Gasteiger partial charge in [0.2, 0.25) is 5.91 Å². The monoisotopic (exact) mass is 286 g/mol. The van der Waals surface area contributed by atoms with Crippen LogP contribution in [0.2, 0.25) is 0 Å². The number of aromatic nitrogens is 3. The second kappa shape index (κ2) is 6.49. The average molecular weight is 286 g/mol. The molecule has 6 nitrogen and oxygen atoms in total. The minimum Gasteiger partial charge on any atom is -0.368 e. The zero-order chi connectivity index (χ0) is 14.5. The zero-order valence-corrected chi connectivity index (χ0v) is 11.7. The van der Waals surface area contributed by atoms with Crippen molar-refractivity contribution >= 4 is 5.91 Å². The quantitative estimate of drug-likeness (QED) is 0.868. The molecule has 1 saturated heterocycles. The number of ether oxygens (including phenoxy) is 1. The van der Waals surface area contributed by atoms with Crippen molar-refractivity contribution in [3.05, 3.63) is 36.2 Å². The van der Waals surface area contributed by atoms with Gasteiger partial charge >= 0.3 is 0 Å². The Morgan fingerprint density at radius 3 is 3.00 bits per heavy atom. The molecule has 6 heteroatoms. The van der Waals surface area contributed by atoms with Crippen LogP contribution in [0.4, 0.5) is 0 Å². The van der Waals surface area contributed by atoms with Crippen LogP contribution in [0.5, 0.6) is 0 Å². The number of H-pyrrole nitrogens is 1. The highest BCUT2D eigenvalue weighted by atomic mass is 16.5. The van der Waals surface area contributed by atoms with E-state index in [0.717, 1.165) is 24.2 Å². The summed E-state index contributed by atoms with van der Waals surface area (Å²) in [5, 5.41) is 9.96. The number of nitrogens with one attached hydrogen (secondary N) is 2. The molecule has 1 aromatic carbocycles. The van der Waals surface area contributed by atoms with Crippen molar-refractivity contribution in [1.29, 1.82) is 0 Å². The van der Waals surface area contributed by atoms with E-state index in [-0.39, 0.29) is 12.0 Å². The molecule has 0 saturated carbocycles. The Labute approximate surface area is 122 Å². The van der Waals surface area contributed by atoms with Gasteiger partial charge in [-0.3, -0.25) is 9.89 Å². The predicted octanol–water partition coefficient (Wildman–Crippen LogP) is 1.31. The van der Waals surface area contributed by atoms with Crippen LogP contribution in [0.25, 0.3) is 11.4 Å². The van der Waals surface area contributed by atoms with Crippen LogP contribution < -0.4 is 5.32 Å². The number of carbonyl (C=O) groups excluding carboxylic acids is 1. The molecular formula is C15H18N4O2. The average Bonchev–Trinajstić information content (AvgIpc) is 3.20. The molecule has 2 aromatic rings. The van der Waals surface area contributed by atoms with Gasteiger partial charge in [0.15, 0.2) is 5.82 Å². The van der Waals surface area contributed by atoms with Gasteiger partial charge in [0.05, 0.1) is 0 Å². The van der Waals surface area contributed by atoms with Gasteiger partial charge in [-0.1, -0.05) is 30.3 Å². The maximum absolute atomic E-state index is 11.8. The summed E-state index contributed by atoms with van der Waals surface area (Å²) in [6, 6.07) is 9.79.